The van der Waals surface area contributed by atoms with Crippen molar-refractivity contribution in [1.29, 1.82) is 0 Å². The van der Waals surface area contributed by atoms with E-state index in [-0.39, 0.29) is 6.42 Å². The summed E-state index contributed by atoms with van der Waals surface area (Å²) in [5.74, 6) is -3.22. The van der Waals surface area contributed by atoms with Crippen LogP contribution in [0.25, 0.3) is 0 Å². The molecule has 8 heteroatoms. The molecule has 110 valence electrons. The lowest BCUT2D eigenvalue weighted by Gasteiger charge is -2.28. The number of amides is 1. The monoisotopic (exact) mass is 309 g/mol. The minimum Gasteiger partial charge on any atom is -0.479 e. The van der Waals surface area contributed by atoms with Crippen molar-refractivity contribution in [3.63, 3.8) is 0 Å². The zero-order chi connectivity index (χ0) is 15.6. The van der Waals surface area contributed by atoms with E-state index >= 15 is 0 Å². The topological polar surface area (TPSA) is 66.4 Å². The van der Waals surface area contributed by atoms with Crippen molar-refractivity contribution in [2.24, 2.45) is 0 Å². The van der Waals surface area contributed by atoms with Gasteiger partial charge in [0.2, 0.25) is 11.4 Å². The highest BCUT2D eigenvalue weighted by Gasteiger charge is 2.58. The van der Waals surface area contributed by atoms with Crippen LogP contribution in [0.3, 0.4) is 0 Å². The smallest absolute Gasteiger partial charge is 0.422 e. The molecule has 4 nitrogen and oxygen atoms in total. The van der Waals surface area contributed by atoms with Crippen LogP contribution in [0.1, 0.15) is 12.5 Å². The normalized spacial score (nSPS) is 14.4. The Balaban J connectivity index is 2.83. The van der Waals surface area contributed by atoms with E-state index in [0.717, 1.165) is 0 Å². The summed E-state index contributed by atoms with van der Waals surface area (Å²) < 4.78 is 38.1. The van der Waals surface area contributed by atoms with E-state index in [1.54, 1.807) is 0 Å². The Hall–Kier alpha value is -1.76. The van der Waals surface area contributed by atoms with Gasteiger partial charge < -0.3 is 10.4 Å². The van der Waals surface area contributed by atoms with E-state index in [2.05, 4.69) is 0 Å². The van der Waals surface area contributed by atoms with Crippen molar-refractivity contribution in [3.05, 3.63) is 34.9 Å². The molecule has 0 fully saturated rings. The van der Waals surface area contributed by atoms with Gasteiger partial charge in [-0.3, -0.25) is 4.79 Å². The first-order valence-corrected chi connectivity index (χ1v) is 5.79. The number of hydrogen-bond acceptors (Lipinski definition) is 2. The van der Waals surface area contributed by atoms with Crippen molar-refractivity contribution >= 4 is 23.5 Å². The van der Waals surface area contributed by atoms with E-state index in [1.165, 1.54) is 29.6 Å². The summed E-state index contributed by atoms with van der Waals surface area (Å²) in [6.07, 6.45) is -5.48. The van der Waals surface area contributed by atoms with Crippen molar-refractivity contribution in [3.8, 4) is 0 Å². The lowest BCUT2D eigenvalue weighted by Crippen LogP contribution is -2.62. The van der Waals surface area contributed by atoms with Gasteiger partial charge in [-0.15, -0.1) is 0 Å². The van der Waals surface area contributed by atoms with Crippen LogP contribution in [-0.2, 0) is 16.0 Å². The molecule has 0 spiro atoms. The van der Waals surface area contributed by atoms with Gasteiger partial charge >= 0.3 is 12.1 Å². The summed E-state index contributed by atoms with van der Waals surface area (Å²) in [6.45, 7) is 0.398. The summed E-state index contributed by atoms with van der Waals surface area (Å²) in [5, 5.41) is 10.6. The first-order valence-electron chi connectivity index (χ1n) is 5.42. The zero-order valence-corrected chi connectivity index (χ0v) is 11.0. The van der Waals surface area contributed by atoms with Gasteiger partial charge in [-0.1, -0.05) is 23.7 Å². The van der Waals surface area contributed by atoms with Crippen molar-refractivity contribution in [2.75, 3.05) is 0 Å². The maximum absolute atomic E-state index is 12.7. The van der Waals surface area contributed by atoms with E-state index in [1.807, 2.05) is 0 Å². The van der Waals surface area contributed by atoms with Crippen molar-refractivity contribution in [1.82, 2.24) is 5.32 Å². The molecule has 0 aliphatic rings. The number of hydrogen-bond donors (Lipinski definition) is 2. The summed E-state index contributed by atoms with van der Waals surface area (Å²) in [7, 11) is 0. The number of carbonyl (C=O) groups is 2. The van der Waals surface area contributed by atoms with Gasteiger partial charge in [0.05, 0.1) is 6.42 Å². The second-order valence-electron chi connectivity index (χ2n) is 4.28. The zero-order valence-electron chi connectivity index (χ0n) is 10.3. The Bertz CT molecular complexity index is 516. The first kappa shape index (κ1) is 16.3. The molecule has 0 radical (unpaired) electrons. The molecule has 20 heavy (non-hydrogen) atoms. The maximum Gasteiger partial charge on any atom is 0.422 e. The highest BCUT2D eigenvalue weighted by molar-refractivity contribution is 6.30. The maximum atomic E-state index is 12.7. The molecule has 0 heterocycles. The molecule has 1 rings (SSSR count). The fourth-order valence-corrected chi connectivity index (χ4v) is 1.48. The van der Waals surface area contributed by atoms with Crippen molar-refractivity contribution < 1.29 is 27.9 Å². The highest BCUT2D eigenvalue weighted by Crippen LogP contribution is 2.30. The number of carbonyl (C=O) groups excluding carboxylic acids is 1. The lowest BCUT2D eigenvalue weighted by molar-refractivity contribution is -0.206. The van der Waals surface area contributed by atoms with Gasteiger partial charge in [-0.2, -0.15) is 13.2 Å². The van der Waals surface area contributed by atoms with Crippen LogP contribution in [0, 0.1) is 0 Å². The molecule has 0 saturated heterocycles. The SMILES string of the molecule is CC(NC(=O)Cc1ccc(Cl)cc1)(C(=O)O)C(F)(F)F. The van der Waals surface area contributed by atoms with Crippen LogP contribution in [0.5, 0.6) is 0 Å². The van der Waals surface area contributed by atoms with Crippen LogP contribution >= 0.6 is 11.6 Å². The number of aliphatic carboxylic acids is 1. The number of rotatable bonds is 4. The molecule has 0 aromatic heterocycles. The molecule has 0 aliphatic carbocycles. The Kier molecular flexibility index (Phi) is 4.65. The van der Waals surface area contributed by atoms with Crippen LogP contribution in [-0.4, -0.2) is 28.7 Å². The summed E-state index contributed by atoms with van der Waals surface area (Å²) in [5.41, 5.74) is -2.90. The Morgan fingerprint density at radius 3 is 2.15 bits per heavy atom. The predicted molar refractivity (Wildman–Crippen MR) is 65.4 cm³/mol. The summed E-state index contributed by atoms with van der Waals surface area (Å²) in [4.78, 5) is 22.3. The number of carboxylic acid groups (broad SMARTS) is 1. The largest absolute Gasteiger partial charge is 0.479 e. The molecule has 1 aromatic carbocycles. The first-order chi connectivity index (χ1) is 9.06. The van der Waals surface area contributed by atoms with Gasteiger partial charge in [0, 0.05) is 5.02 Å². The minimum absolute atomic E-state index is 0.379. The molecule has 0 bridgehead atoms. The molecule has 0 aliphatic heterocycles. The Labute approximate surface area is 117 Å². The van der Waals surface area contributed by atoms with Gasteiger partial charge in [-0.05, 0) is 24.6 Å². The molecule has 0 saturated carbocycles. The van der Waals surface area contributed by atoms with E-state index in [9.17, 15) is 22.8 Å². The second kappa shape index (κ2) is 5.70. The Morgan fingerprint density at radius 1 is 1.25 bits per heavy atom. The van der Waals surface area contributed by atoms with Crippen LogP contribution in [0.15, 0.2) is 24.3 Å². The predicted octanol–water partition coefficient (Wildman–Crippen LogP) is 2.40. The molecular weight excluding hydrogens is 299 g/mol. The van der Waals surface area contributed by atoms with Crippen LogP contribution in [0.2, 0.25) is 5.02 Å². The van der Waals surface area contributed by atoms with Crippen molar-refractivity contribution in [2.45, 2.75) is 25.1 Å². The number of nitrogens with one attached hydrogen (secondary N) is 1. The van der Waals surface area contributed by atoms with Crippen LogP contribution in [0.4, 0.5) is 13.2 Å². The molecule has 2 N–H and O–H groups in total. The minimum atomic E-state index is -5.10. The quantitative estimate of drug-likeness (QED) is 0.897. The van der Waals surface area contributed by atoms with Gasteiger partial charge in [0.25, 0.3) is 0 Å². The third-order valence-corrected chi connectivity index (χ3v) is 2.91. The fraction of sp³-hybridized carbons (Fsp3) is 0.333. The average Bonchev–Trinajstić information content (AvgIpc) is 2.30. The standard InChI is InChI=1S/C12H11ClF3NO3/c1-11(10(19)20,12(14,15)16)17-9(18)6-7-2-4-8(13)5-3-7/h2-5H,6H2,1H3,(H,17,18)(H,19,20). The van der Waals surface area contributed by atoms with Gasteiger partial charge in [0.15, 0.2) is 0 Å². The number of benzene rings is 1. The second-order valence-corrected chi connectivity index (χ2v) is 4.72. The highest BCUT2D eigenvalue weighted by atomic mass is 35.5. The average molecular weight is 310 g/mol. The summed E-state index contributed by atoms with van der Waals surface area (Å²) >= 11 is 5.63. The molecule has 1 atom stereocenters. The van der Waals surface area contributed by atoms with E-state index in [4.69, 9.17) is 16.7 Å². The van der Waals surface area contributed by atoms with Crippen LogP contribution < -0.4 is 5.32 Å². The third-order valence-electron chi connectivity index (χ3n) is 2.66. The number of halogens is 4. The molecule has 1 unspecified atom stereocenters. The lowest BCUT2D eigenvalue weighted by atomic mass is 10.0. The number of alkyl halides is 3. The van der Waals surface area contributed by atoms with Gasteiger partial charge in [-0.25, -0.2) is 4.79 Å². The number of carboxylic acids is 1. The molecular formula is C12H11ClF3NO3. The van der Waals surface area contributed by atoms with E-state index < -0.39 is 23.6 Å². The molecule has 1 aromatic rings. The third kappa shape index (κ3) is 3.63. The van der Waals surface area contributed by atoms with Gasteiger partial charge in [0.1, 0.15) is 0 Å². The summed E-state index contributed by atoms with van der Waals surface area (Å²) in [6, 6.07) is 5.88. The molecule has 1 amide bonds. The fourth-order valence-electron chi connectivity index (χ4n) is 1.36. The Morgan fingerprint density at radius 2 is 1.75 bits per heavy atom. The van der Waals surface area contributed by atoms with E-state index in [0.29, 0.717) is 17.5 Å².